The van der Waals surface area contributed by atoms with Crippen molar-refractivity contribution in [1.29, 1.82) is 0 Å². The molecule has 0 aliphatic rings. The monoisotopic (exact) mass is 214 g/mol. The highest BCUT2D eigenvalue weighted by Gasteiger charge is 2.09. The van der Waals surface area contributed by atoms with Crippen LogP contribution in [0.25, 0.3) is 0 Å². The highest BCUT2D eigenvalue weighted by Crippen LogP contribution is 2.16. The molecular weight excluding hydrogens is 198 g/mol. The number of benzene rings is 1. The predicted octanol–water partition coefficient (Wildman–Crippen LogP) is 2.91. The van der Waals surface area contributed by atoms with Gasteiger partial charge in [-0.15, -0.1) is 0 Å². The third kappa shape index (κ3) is 3.96. The van der Waals surface area contributed by atoms with Crippen molar-refractivity contribution >= 4 is 0 Å². The molecule has 84 valence electrons. The molecule has 1 aromatic carbocycles. The molecule has 1 aromatic rings. The van der Waals surface area contributed by atoms with Crippen LogP contribution in [0.2, 0.25) is 0 Å². The topological polar surface area (TPSA) is 20.2 Å². The van der Waals surface area contributed by atoms with Gasteiger partial charge in [0.25, 0.3) is 0 Å². The first-order valence-corrected chi connectivity index (χ1v) is 5.11. The highest BCUT2D eigenvalue weighted by atomic mass is 19.2. The van der Waals surface area contributed by atoms with Crippen LogP contribution in [0.5, 0.6) is 0 Å². The average Bonchev–Trinajstić information content (AvgIpc) is 2.10. The average molecular weight is 214 g/mol. The van der Waals surface area contributed by atoms with Gasteiger partial charge in [0.2, 0.25) is 0 Å². The number of hydrogen-bond donors (Lipinski definition) is 1. The van der Waals surface area contributed by atoms with Gasteiger partial charge in [-0.05, 0) is 43.4 Å². The van der Waals surface area contributed by atoms with E-state index in [0.717, 1.165) is 11.6 Å². The summed E-state index contributed by atoms with van der Waals surface area (Å²) in [5, 5.41) is 9.17. The maximum atomic E-state index is 12.9. The van der Waals surface area contributed by atoms with Crippen LogP contribution in [0.1, 0.15) is 25.8 Å². The second-order valence-corrected chi connectivity index (χ2v) is 4.14. The van der Waals surface area contributed by atoms with Crippen LogP contribution >= 0.6 is 0 Å². The van der Waals surface area contributed by atoms with Crippen LogP contribution in [0.4, 0.5) is 8.78 Å². The van der Waals surface area contributed by atoms with Crippen LogP contribution in [-0.4, -0.2) is 11.2 Å². The lowest BCUT2D eigenvalue weighted by Crippen LogP contribution is -2.09. The van der Waals surface area contributed by atoms with Gasteiger partial charge in [0, 0.05) is 0 Å². The van der Waals surface area contributed by atoms with Crippen molar-refractivity contribution in [1.82, 2.24) is 0 Å². The van der Waals surface area contributed by atoms with Crippen LogP contribution in [0, 0.1) is 17.6 Å². The van der Waals surface area contributed by atoms with Gasteiger partial charge in [-0.3, -0.25) is 0 Å². The summed E-state index contributed by atoms with van der Waals surface area (Å²) >= 11 is 0. The summed E-state index contributed by atoms with van der Waals surface area (Å²) in [4.78, 5) is 0. The van der Waals surface area contributed by atoms with E-state index in [1.807, 2.05) is 6.92 Å². The number of halogens is 2. The molecule has 0 saturated carbocycles. The second-order valence-electron chi connectivity index (χ2n) is 4.14. The normalized spacial score (nSPS) is 15.0. The van der Waals surface area contributed by atoms with E-state index in [0.29, 0.717) is 12.8 Å². The van der Waals surface area contributed by atoms with Crippen molar-refractivity contribution in [2.24, 2.45) is 5.92 Å². The van der Waals surface area contributed by atoms with E-state index in [1.54, 1.807) is 13.0 Å². The first-order valence-electron chi connectivity index (χ1n) is 5.11. The molecule has 1 nitrogen and oxygen atoms in total. The molecule has 1 rings (SSSR count). The molecule has 0 bridgehead atoms. The Balaban J connectivity index is 2.60. The summed E-state index contributed by atoms with van der Waals surface area (Å²) < 4.78 is 25.5. The Bertz CT molecular complexity index is 323. The molecule has 0 aromatic heterocycles. The summed E-state index contributed by atoms with van der Waals surface area (Å²) in [7, 11) is 0. The van der Waals surface area contributed by atoms with Crippen molar-refractivity contribution in [2.75, 3.05) is 0 Å². The highest BCUT2D eigenvalue weighted by molar-refractivity contribution is 5.18. The van der Waals surface area contributed by atoms with Gasteiger partial charge < -0.3 is 5.11 Å². The lowest BCUT2D eigenvalue weighted by Gasteiger charge is -2.13. The molecule has 0 fully saturated rings. The van der Waals surface area contributed by atoms with Crippen LogP contribution < -0.4 is 0 Å². The fourth-order valence-corrected chi connectivity index (χ4v) is 1.73. The van der Waals surface area contributed by atoms with E-state index < -0.39 is 11.6 Å². The zero-order valence-electron chi connectivity index (χ0n) is 9.00. The van der Waals surface area contributed by atoms with Crippen molar-refractivity contribution in [3.05, 3.63) is 35.4 Å². The van der Waals surface area contributed by atoms with Crippen molar-refractivity contribution in [3.63, 3.8) is 0 Å². The fraction of sp³-hybridized carbons (Fsp3) is 0.500. The zero-order chi connectivity index (χ0) is 11.4. The van der Waals surface area contributed by atoms with E-state index in [-0.39, 0.29) is 12.0 Å². The molecule has 15 heavy (non-hydrogen) atoms. The first kappa shape index (κ1) is 12.1. The van der Waals surface area contributed by atoms with E-state index in [4.69, 9.17) is 5.11 Å². The minimum atomic E-state index is -0.818. The van der Waals surface area contributed by atoms with Crippen LogP contribution in [-0.2, 0) is 6.42 Å². The molecule has 0 amide bonds. The Kier molecular flexibility index (Phi) is 4.21. The number of aliphatic hydroxyl groups excluding tert-OH is 1. The summed E-state index contributed by atoms with van der Waals surface area (Å²) in [6, 6.07) is 3.94. The Morgan fingerprint density at radius 1 is 1.20 bits per heavy atom. The number of rotatable bonds is 4. The van der Waals surface area contributed by atoms with E-state index in [9.17, 15) is 8.78 Å². The maximum absolute atomic E-state index is 12.9. The lowest BCUT2D eigenvalue weighted by atomic mass is 9.96. The molecule has 0 aliphatic carbocycles. The molecule has 0 radical (unpaired) electrons. The Morgan fingerprint density at radius 3 is 2.40 bits per heavy atom. The van der Waals surface area contributed by atoms with Gasteiger partial charge in [-0.1, -0.05) is 13.0 Å². The SMILES string of the molecule is CC(O)CC(C)Cc1ccc(F)c(F)c1. The van der Waals surface area contributed by atoms with Gasteiger partial charge in [0.1, 0.15) is 0 Å². The third-order valence-corrected chi connectivity index (χ3v) is 2.31. The van der Waals surface area contributed by atoms with Gasteiger partial charge >= 0.3 is 0 Å². The lowest BCUT2D eigenvalue weighted by molar-refractivity contribution is 0.164. The van der Waals surface area contributed by atoms with Crippen LogP contribution in [0.15, 0.2) is 18.2 Å². The Labute approximate surface area is 88.7 Å². The Hall–Kier alpha value is -0.960. The van der Waals surface area contributed by atoms with E-state index >= 15 is 0 Å². The zero-order valence-corrected chi connectivity index (χ0v) is 9.00. The summed E-state index contributed by atoms with van der Waals surface area (Å²) in [6.07, 6.45) is 0.964. The summed E-state index contributed by atoms with van der Waals surface area (Å²) in [5.74, 6) is -1.37. The largest absolute Gasteiger partial charge is 0.393 e. The van der Waals surface area contributed by atoms with Crippen molar-refractivity contribution in [2.45, 2.75) is 32.8 Å². The molecular formula is C12H16F2O. The Morgan fingerprint density at radius 2 is 1.87 bits per heavy atom. The van der Waals surface area contributed by atoms with Gasteiger partial charge in [-0.25, -0.2) is 8.78 Å². The minimum absolute atomic E-state index is 0.259. The van der Waals surface area contributed by atoms with Gasteiger partial charge in [0.05, 0.1) is 6.10 Å². The summed E-state index contributed by atoms with van der Waals surface area (Å²) in [6.45, 7) is 3.70. The molecule has 2 unspecified atom stereocenters. The molecule has 0 saturated heterocycles. The van der Waals surface area contributed by atoms with E-state index in [2.05, 4.69) is 0 Å². The smallest absolute Gasteiger partial charge is 0.159 e. The van der Waals surface area contributed by atoms with Gasteiger partial charge in [-0.2, -0.15) is 0 Å². The quantitative estimate of drug-likeness (QED) is 0.817. The molecule has 0 spiro atoms. The number of aliphatic hydroxyl groups is 1. The standard InChI is InChI=1S/C12H16F2O/c1-8(5-9(2)15)6-10-3-4-11(13)12(14)7-10/h3-4,7-9,15H,5-6H2,1-2H3. The van der Waals surface area contributed by atoms with Crippen molar-refractivity contribution < 1.29 is 13.9 Å². The minimum Gasteiger partial charge on any atom is -0.393 e. The fourth-order valence-electron chi connectivity index (χ4n) is 1.73. The number of hydrogen-bond acceptors (Lipinski definition) is 1. The predicted molar refractivity (Wildman–Crippen MR) is 55.5 cm³/mol. The van der Waals surface area contributed by atoms with Crippen LogP contribution in [0.3, 0.4) is 0 Å². The van der Waals surface area contributed by atoms with Crippen molar-refractivity contribution in [3.8, 4) is 0 Å². The summed E-state index contributed by atoms with van der Waals surface area (Å²) in [5.41, 5.74) is 0.766. The first-order chi connectivity index (χ1) is 6.99. The molecule has 3 heteroatoms. The van der Waals surface area contributed by atoms with E-state index in [1.165, 1.54) is 6.07 Å². The second kappa shape index (κ2) is 5.21. The molecule has 0 heterocycles. The molecule has 0 aliphatic heterocycles. The maximum Gasteiger partial charge on any atom is 0.159 e. The molecule has 1 N–H and O–H groups in total. The van der Waals surface area contributed by atoms with Gasteiger partial charge in [0.15, 0.2) is 11.6 Å². The molecule has 2 atom stereocenters. The third-order valence-electron chi connectivity index (χ3n) is 2.31.